The third-order valence-electron chi connectivity index (χ3n) is 5.92. The molecule has 2 saturated heterocycles. The molecule has 0 unspecified atom stereocenters. The molecule has 1 N–H and O–H groups in total. The maximum atomic E-state index is 12.6. The molecular weight excluding hydrogens is 356 g/mol. The third kappa shape index (κ3) is 4.39. The van der Waals surface area contributed by atoms with E-state index in [-0.39, 0.29) is 17.9 Å². The minimum atomic E-state index is -0.0752. The fourth-order valence-corrected chi connectivity index (χ4v) is 4.18. The van der Waals surface area contributed by atoms with Crippen LogP contribution < -0.4 is 5.32 Å². The van der Waals surface area contributed by atoms with E-state index in [1.165, 1.54) is 18.4 Å². The highest BCUT2D eigenvalue weighted by molar-refractivity contribution is 5.75. The summed E-state index contributed by atoms with van der Waals surface area (Å²) < 4.78 is 7.19. The Bertz CT molecular complexity index is 766. The molecule has 0 atom stereocenters. The fraction of sp³-hybridized carbons (Fsp3) is 0.600. The molecule has 1 aromatic heterocycles. The maximum absolute atomic E-state index is 12.6. The number of carbonyl (C=O) groups is 1. The van der Waals surface area contributed by atoms with Crippen molar-refractivity contribution in [1.29, 1.82) is 0 Å². The first kappa shape index (κ1) is 19.0. The molecule has 2 aromatic rings. The van der Waals surface area contributed by atoms with Gasteiger partial charge in [-0.1, -0.05) is 30.3 Å². The van der Waals surface area contributed by atoms with Crippen LogP contribution in [0.2, 0.25) is 0 Å². The summed E-state index contributed by atoms with van der Waals surface area (Å²) >= 11 is 0. The summed E-state index contributed by atoms with van der Waals surface area (Å²) in [6, 6.07) is 10.4. The first-order valence-corrected chi connectivity index (χ1v) is 10.1. The van der Waals surface area contributed by atoms with Crippen LogP contribution >= 0.6 is 0 Å². The molecule has 8 heteroatoms. The Labute approximate surface area is 165 Å². The van der Waals surface area contributed by atoms with Crippen molar-refractivity contribution >= 4 is 5.91 Å². The summed E-state index contributed by atoms with van der Waals surface area (Å²) in [7, 11) is 0. The van der Waals surface area contributed by atoms with Crippen LogP contribution in [-0.4, -0.2) is 63.9 Å². The molecule has 8 nitrogen and oxygen atoms in total. The van der Waals surface area contributed by atoms with Gasteiger partial charge in [-0.25, -0.2) is 4.68 Å². The van der Waals surface area contributed by atoms with Crippen LogP contribution in [0, 0.1) is 0 Å². The number of benzene rings is 1. The van der Waals surface area contributed by atoms with Gasteiger partial charge in [-0.2, -0.15) is 0 Å². The number of likely N-dealkylation sites (tertiary alicyclic amines) is 1. The second-order valence-corrected chi connectivity index (χ2v) is 7.77. The fourth-order valence-electron chi connectivity index (χ4n) is 4.18. The van der Waals surface area contributed by atoms with E-state index >= 15 is 0 Å². The van der Waals surface area contributed by atoms with Crippen molar-refractivity contribution in [1.82, 2.24) is 30.4 Å². The minimum Gasteiger partial charge on any atom is -0.381 e. The lowest BCUT2D eigenvalue weighted by Gasteiger charge is -2.38. The number of aromatic nitrogens is 4. The molecule has 150 valence electrons. The Hall–Kier alpha value is -2.32. The normalized spacial score (nSPS) is 19.6. The van der Waals surface area contributed by atoms with Crippen LogP contribution in [0.15, 0.2) is 30.3 Å². The molecule has 0 spiro atoms. The number of tetrazole rings is 1. The van der Waals surface area contributed by atoms with Crippen molar-refractivity contribution in [2.45, 2.75) is 44.2 Å². The van der Waals surface area contributed by atoms with Gasteiger partial charge in [0.1, 0.15) is 6.54 Å². The van der Waals surface area contributed by atoms with Crippen molar-refractivity contribution in [3.8, 4) is 0 Å². The van der Waals surface area contributed by atoms with Crippen molar-refractivity contribution in [2.75, 3.05) is 32.8 Å². The van der Waals surface area contributed by atoms with E-state index in [0.717, 1.165) is 45.0 Å². The second-order valence-electron chi connectivity index (χ2n) is 7.77. The minimum absolute atomic E-state index is 0.0585. The zero-order valence-corrected chi connectivity index (χ0v) is 16.2. The van der Waals surface area contributed by atoms with E-state index in [4.69, 9.17) is 4.74 Å². The molecule has 28 heavy (non-hydrogen) atoms. The Kier molecular flexibility index (Phi) is 5.97. The Balaban J connectivity index is 1.37. The Morgan fingerprint density at radius 1 is 1.14 bits per heavy atom. The summed E-state index contributed by atoms with van der Waals surface area (Å²) in [5.41, 5.74) is 1.18. The number of carbonyl (C=O) groups excluding carboxylic acids is 1. The second kappa shape index (κ2) is 8.79. The molecule has 0 saturated carbocycles. The molecule has 1 aromatic carbocycles. The van der Waals surface area contributed by atoms with Gasteiger partial charge in [0.15, 0.2) is 5.82 Å². The molecule has 2 fully saturated rings. The zero-order valence-electron chi connectivity index (χ0n) is 16.2. The summed E-state index contributed by atoms with van der Waals surface area (Å²) in [6.07, 6.45) is 4.24. The largest absolute Gasteiger partial charge is 0.381 e. The van der Waals surface area contributed by atoms with Gasteiger partial charge in [-0.3, -0.25) is 9.69 Å². The molecule has 0 aliphatic carbocycles. The molecule has 2 aliphatic heterocycles. The van der Waals surface area contributed by atoms with E-state index < -0.39 is 0 Å². The van der Waals surface area contributed by atoms with E-state index in [0.29, 0.717) is 13.1 Å². The maximum Gasteiger partial charge on any atom is 0.241 e. The van der Waals surface area contributed by atoms with Gasteiger partial charge in [-0.05, 0) is 54.8 Å². The van der Waals surface area contributed by atoms with Crippen molar-refractivity contribution in [3.63, 3.8) is 0 Å². The average Bonchev–Trinajstić information content (AvgIpc) is 3.41. The van der Waals surface area contributed by atoms with Gasteiger partial charge >= 0.3 is 0 Å². The molecular formula is C20H28N6O2. The lowest BCUT2D eigenvalue weighted by Crippen LogP contribution is -2.45. The highest BCUT2D eigenvalue weighted by atomic mass is 16.5. The van der Waals surface area contributed by atoms with Gasteiger partial charge in [-0.15, -0.1) is 5.10 Å². The average molecular weight is 384 g/mol. The third-order valence-corrected chi connectivity index (χ3v) is 5.92. The van der Waals surface area contributed by atoms with Gasteiger partial charge in [0.05, 0.1) is 6.54 Å². The van der Waals surface area contributed by atoms with Crippen LogP contribution in [0.1, 0.15) is 37.1 Å². The van der Waals surface area contributed by atoms with Crippen LogP contribution in [0.3, 0.4) is 0 Å². The van der Waals surface area contributed by atoms with E-state index in [9.17, 15) is 4.79 Å². The lowest BCUT2D eigenvalue weighted by atomic mass is 9.74. The first-order chi connectivity index (χ1) is 13.8. The number of hydrogen-bond donors (Lipinski definition) is 1. The first-order valence-electron chi connectivity index (χ1n) is 10.1. The number of nitrogens with zero attached hydrogens (tertiary/aromatic N) is 5. The molecule has 0 radical (unpaired) electrons. The Morgan fingerprint density at radius 2 is 1.89 bits per heavy atom. The highest BCUT2D eigenvalue weighted by Crippen LogP contribution is 2.34. The van der Waals surface area contributed by atoms with Gasteiger partial charge in [0, 0.05) is 25.2 Å². The van der Waals surface area contributed by atoms with Crippen LogP contribution in [-0.2, 0) is 28.0 Å². The van der Waals surface area contributed by atoms with Crippen molar-refractivity contribution in [3.05, 3.63) is 41.7 Å². The topological polar surface area (TPSA) is 85.2 Å². The van der Waals surface area contributed by atoms with E-state index in [1.54, 1.807) is 4.68 Å². The van der Waals surface area contributed by atoms with Crippen LogP contribution in [0.4, 0.5) is 0 Å². The quantitative estimate of drug-likeness (QED) is 0.770. The predicted molar refractivity (Wildman–Crippen MR) is 104 cm³/mol. The standard InChI is InChI=1S/C20H28N6O2/c27-19(15-26-18(22-23-24-26)14-25-10-4-5-11-25)21-16-20(8-12-28-13-9-20)17-6-2-1-3-7-17/h1-3,6-7H,4-5,8-16H2,(H,21,27). The molecule has 0 bridgehead atoms. The molecule has 2 aliphatic rings. The number of rotatable bonds is 7. The zero-order chi connectivity index (χ0) is 19.2. The van der Waals surface area contributed by atoms with Crippen LogP contribution in [0.5, 0.6) is 0 Å². The number of nitrogens with one attached hydrogen (secondary N) is 1. The van der Waals surface area contributed by atoms with Gasteiger partial charge in [0.2, 0.25) is 5.91 Å². The molecule has 1 amide bonds. The molecule has 3 heterocycles. The predicted octanol–water partition coefficient (Wildman–Crippen LogP) is 1.13. The SMILES string of the molecule is O=C(Cn1nnnc1CN1CCCC1)NCC1(c2ccccc2)CCOCC1. The van der Waals surface area contributed by atoms with Crippen molar-refractivity contribution in [2.24, 2.45) is 0 Å². The summed E-state index contributed by atoms with van der Waals surface area (Å²) in [6.45, 7) is 5.03. The van der Waals surface area contributed by atoms with Gasteiger partial charge < -0.3 is 10.1 Å². The number of ether oxygens (including phenoxy) is 1. The lowest BCUT2D eigenvalue weighted by molar-refractivity contribution is -0.122. The van der Waals surface area contributed by atoms with Gasteiger partial charge in [0.25, 0.3) is 0 Å². The summed E-state index contributed by atoms with van der Waals surface area (Å²) in [5, 5.41) is 15.0. The van der Waals surface area contributed by atoms with Crippen molar-refractivity contribution < 1.29 is 9.53 Å². The number of amides is 1. The molecule has 4 rings (SSSR count). The summed E-state index contributed by atoms with van der Waals surface area (Å²) in [5.74, 6) is 0.692. The highest BCUT2D eigenvalue weighted by Gasteiger charge is 2.34. The summed E-state index contributed by atoms with van der Waals surface area (Å²) in [4.78, 5) is 15.0. The smallest absolute Gasteiger partial charge is 0.241 e. The van der Waals surface area contributed by atoms with E-state index in [1.807, 2.05) is 6.07 Å². The van der Waals surface area contributed by atoms with E-state index in [2.05, 4.69) is 50.0 Å². The monoisotopic (exact) mass is 384 g/mol. The van der Waals surface area contributed by atoms with Crippen LogP contribution in [0.25, 0.3) is 0 Å². The number of hydrogen-bond acceptors (Lipinski definition) is 6. The Morgan fingerprint density at radius 3 is 2.64 bits per heavy atom.